The van der Waals surface area contributed by atoms with Crippen LogP contribution in [0.2, 0.25) is 0 Å². The van der Waals surface area contributed by atoms with Crippen molar-refractivity contribution in [3.05, 3.63) is 18.2 Å². The third-order valence-corrected chi connectivity index (χ3v) is 2.22. The summed E-state index contributed by atoms with van der Waals surface area (Å²) in [5.74, 6) is 4.11. The molecule has 1 aromatic heterocycles. The van der Waals surface area contributed by atoms with E-state index in [4.69, 9.17) is 11.2 Å². The SMILES string of the molecule is C#CCC(CC)Nc1cccc(OCC)n1. The van der Waals surface area contributed by atoms with Crippen LogP contribution < -0.4 is 10.1 Å². The summed E-state index contributed by atoms with van der Waals surface area (Å²) in [6.07, 6.45) is 6.98. The van der Waals surface area contributed by atoms with Gasteiger partial charge in [0.05, 0.1) is 6.61 Å². The van der Waals surface area contributed by atoms with E-state index in [0.717, 1.165) is 12.2 Å². The Morgan fingerprint density at radius 2 is 2.31 bits per heavy atom. The Bertz CT molecular complexity index is 357. The standard InChI is InChI=1S/C13H18N2O/c1-4-8-11(5-2)14-12-9-7-10-13(15-12)16-6-3/h1,7,9-11H,5-6,8H2,2-3H3,(H,14,15). The normalized spacial score (nSPS) is 11.6. The van der Waals surface area contributed by atoms with Crippen molar-refractivity contribution in [3.8, 4) is 18.2 Å². The predicted molar refractivity (Wildman–Crippen MR) is 66.6 cm³/mol. The van der Waals surface area contributed by atoms with Crippen LogP contribution in [-0.4, -0.2) is 17.6 Å². The Morgan fingerprint density at radius 3 is 2.94 bits per heavy atom. The number of rotatable bonds is 6. The zero-order valence-corrected chi connectivity index (χ0v) is 9.86. The number of nitrogens with one attached hydrogen (secondary N) is 1. The molecule has 0 saturated heterocycles. The van der Waals surface area contributed by atoms with Gasteiger partial charge in [0.2, 0.25) is 5.88 Å². The summed E-state index contributed by atoms with van der Waals surface area (Å²) in [6, 6.07) is 5.95. The third kappa shape index (κ3) is 3.82. The summed E-state index contributed by atoms with van der Waals surface area (Å²) in [7, 11) is 0. The van der Waals surface area contributed by atoms with E-state index in [-0.39, 0.29) is 6.04 Å². The number of ether oxygens (including phenoxy) is 1. The van der Waals surface area contributed by atoms with Gasteiger partial charge in [0.25, 0.3) is 0 Å². The highest BCUT2D eigenvalue weighted by atomic mass is 16.5. The fraction of sp³-hybridized carbons (Fsp3) is 0.462. The molecule has 0 aliphatic heterocycles. The molecule has 0 bridgehead atoms. The van der Waals surface area contributed by atoms with E-state index in [1.807, 2.05) is 25.1 Å². The molecular weight excluding hydrogens is 200 g/mol. The van der Waals surface area contributed by atoms with E-state index in [1.54, 1.807) is 0 Å². The molecular formula is C13H18N2O. The summed E-state index contributed by atoms with van der Waals surface area (Å²) >= 11 is 0. The highest BCUT2D eigenvalue weighted by molar-refractivity contribution is 5.38. The van der Waals surface area contributed by atoms with Crippen molar-refractivity contribution in [2.24, 2.45) is 0 Å². The van der Waals surface area contributed by atoms with Crippen molar-refractivity contribution in [1.29, 1.82) is 0 Å². The van der Waals surface area contributed by atoms with Crippen molar-refractivity contribution in [3.63, 3.8) is 0 Å². The van der Waals surface area contributed by atoms with Gasteiger partial charge in [-0.25, -0.2) is 0 Å². The number of terminal acetylenes is 1. The lowest BCUT2D eigenvalue weighted by Gasteiger charge is -2.15. The number of aromatic nitrogens is 1. The van der Waals surface area contributed by atoms with Crippen molar-refractivity contribution in [2.45, 2.75) is 32.7 Å². The predicted octanol–water partition coefficient (Wildman–Crippen LogP) is 2.69. The Hall–Kier alpha value is -1.69. The smallest absolute Gasteiger partial charge is 0.215 e. The van der Waals surface area contributed by atoms with Gasteiger partial charge in [-0.15, -0.1) is 12.3 Å². The van der Waals surface area contributed by atoms with Gasteiger partial charge in [-0.2, -0.15) is 4.98 Å². The largest absolute Gasteiger partial charge is 0.478 e. The molecule has 0 saturated carbocycles. The van der Waals surface area contributed by atoms with Crippen LogP contribution >= 0.6 is 0 Å². The molecule has 0 aliphatic carbocycles. The van der Waals surface area contributed by atoms with Gasteiger partial charge in [0, 0.05) is 18.5 Å². The van der Waals surface area contributed by atoms with E-state index >= 15 is 0 Å². The highest BCUT2D eigenvalue weighted by Gasteiger charge is 2.05. The van der Waals surface area contributed by atoms with E-state index in [2.05, 4.69) is 23.1 Å². The number of hydrogen-bond acceptors (Lipinski definition) is 3. The topological polar surface area (TPSA) is 34.1 Å². The molecule has 1 unspecified atom stereocenters. The molecule has 16 heavy (non-hydrogen) atoms. The Balaban J connectivity index is 2.65. The van der Waals surface area contributed by atoms with Crippen LogP contribution in [0.4, 0.5) is 5.82 Å². The van der Waals surface area contributed by atoms with Crippen molar-refractivity contribution < 1.29 is 4.74 Å². The van der Waals surface area contributed by atoms with Crippen LogP contribution in [0.15, 0.2) is 18.2 Å². The lowest BCUT2D eigenvalue weighted by atomic mass is 10.1. The Morgan fingerprint density at radius 1 is 1.50 bits per heavy atom. The summed E-state index contributed by atoms with van der Waals surface area (Å²) in [4.78, 5) is 4.33. The highest BCUT2D eigenvalue weighted by Crippen LogP contribution is 2.13. The van der Waals surface area contributed by atoms with Gasteiger partial charge < -0.3 is 10.1 Å². The fourth-order valence-corrected chi connectivity index (χ4v) is 1.37. The maximum atomic E-state index is 5.33. The molecule has 1 aromatic rings. The summed E-state index contributed by atoms with van der Waals surface area (Å²) in [5, 5.41) is 3.29. The average Bonchev–Trinajstić information content (AvgIpc) is 2.29. The number of hydrogen-bond donors (Lipinski definition) is 1. The molecule has 3 nitrogen and oxygen atoms in total. The molecule has 1 atom stereocenters. The second-order valence-electron chi connectivity index (χ2n) is 3.45. The molecule has 0 spiro atoms. The van der Waals surface area contributed by atoms with Gasteiger partial charge >= 0.3 is 0 Å². The minimum absolute atomic E-state index is 0.273. The minimum atomic E-state index is 0.273. The Labute approximate surface area is 97.2 Å². The lowest BCUT2D eigenvalue weighted by Crippen LogP contribution is -2.18. The van der Waals surface area contributed by atoms with Crippen LogP contribution in [0.3, 0.4) is 0 Å². The van der Waals surface area contributed by atoms with E-state index in [0.29, 0.717) is 18.9 Å². The first-order chi connectivity index (χ1) is 7.80. The third-order valence-electron chi connectivity index (χ3n) is 2.22. The summed E-state index contributed by atoms with van der Waals surface area (Å²) in [6.45, 7) is 4.66. The average molecular weight is 218 g/mol. The summed E-state index contributed by atoms with van der Waals surface area (Å²) in [5.41, 5.74) is 0. The van der Waals surface area contributed by atoms with Gasteiger partial charge in [-0.05, 0) is 19.4 Å². The molecule has 0 aromatic carbocycles. The van der Waals surface area contributed by atoms with E-state index < -0.39 is 0 Å². The minimum Gasteiger partial charge on any atom is -0.478 e. The van der Waals surface area contributed by atoms with Crippen LogP contribution in [-0.2, 0) is 0 Å². The molecule has 0 aliphatic rings. The molecule has 86 valence electrons. The molecule has 1 N–H and O–H groups in total. The second kappa shape index (κ2) is 6.73. The van der Waals surface area contributed by atoms with Crippen LogP contribution in [0.1, 0.15) is 26.7 Å². The first-order valence-corrected chi connectivity index (χ1v) is 5.60. The van der Waals surface area contributed by atoms with Crippen LogP contribution in [0.25, 0.3) is 0 Å². The van der Waals surface area contributed by atoms with Gasteiger partial charge in [0.1, 0.15) is 5.82 Å². The summed E-state index contributed by atoms with van der Waals surface area (Å²) < 4.78 is 5.33. The van der Waals surface area contributed by atoms with Crippen LogP contribution in [0, 0.1) is 12.3 Å². The van der Waals surface area contributed by atoms with Gasteiger partial charge in [-0.3, -0.25) is 0 Å². The van der Waals surface area contributed by atoms with Crippen LogP contribution in [0.5, 0.6) is 5.88 Å². The molecule has 0 fully saturated rings. The number of nitrogens with zero attached hydrogens (tertiary/aromatic N) is 1. The monoisotopic (exact) mass is 218 g/mol. The molecule has 0 radical (unpaired) electrons. The van der Waals surface area contributed by atoms with Crippen molar-refractivity contribution >= 4 is 5.82 Å². The molecule has 1 rings (SSSR count). The first kappa shape index (κ1) is 12.4. The lowest BCUT2D eigenvalue weighted by molar-refractivity contribution is 0.327. The number of anilines is 1. The fourth-order valence-electron chi connectivity index (χ4n) is 1.37. The zero-order chi connectivity index (χ0) is 11.8. The zero-order valence-electron chi connectivity index (χ0n) is 9.86. The molecule has 0 amide bonds. The van der Waals surface area contributed by atoms with Gasteiger partial charge in [-0.1, -0.05) is 13.0 Å². The van der Waals surface area contributed by atoms with E-state index in [1.165, 1.54) is 0 Å². The quantitative estimate of drug-likeness (QED) is 0.745. The maximum absolute atomic E-state index is 5.33. The maximum Gasteiger partial charge on any atom is 0.215 e. The second-order valence-corrected chi connectivity index (χ2v) is 3.45. The van der Waals surface area contributed by atoms with Gasteiger partial charge in [0.15, 0.2) is 0 Å². The molecule has 3 heteroatoms. The van der Waals surface area contributed by atoms with E-state index in [9.17, 15) is 0 Å². The van der Waals surface area contributed by atoms with Crippen molar-refractivity contribution in [2.75, 3.05) is 11.9 Å². The first-order valence-electron chi connectivity index (χ1n) is 5.60. The molecule has 1 heterocycles. The Kier molecular flexibility index (Phi) is 5.21. The van der Waals surface area contributed by atoms with Crippen molar-refractivity contribution in [1.82, 2.24) is 4.98 Å². The number of pyridine rings is 1.